The summed E-state index contributed by atoms with van der Waals surface area (Å²) in [7, 11) is 0. The lowest BCUT2D eigenvalue weighted by Crippen LogP contribution is -2.62. The number of nitrogens with one attached hydrogen (secondary N) is 1. The summed E-state index contributed by atoms with van der Waals surface area (Å²) in [5, 5.41) is 3.75. The molecule has 21 heavy (non-hydrogen) atoms. The van der Waals surface area contributed by atoms with Crippen LogP contribution in [0, 0.1) is 0 Å². The highest BCUT2D eigenvalue weighted by molar-refractivity contribution is 5.15. The zero-order valence-corrected chi connectivity index (χ0v) is 14.0. The first-order valence-corrected chi connectivity index (χ1v) is 8.61. The molecule has 2 heterocycles. The molecule has 0 spiro atoms. The Kier molecular flexibility index (Phi) is 6.52. The predicted molar refractivity (Wildman–Crippen MR) is 86.4 cm³/mol. The third-order valence-electron chi connectivity index (χ3n) is 4.92. The first kappa shape index (κ1) is 16.8. The summed E-state index contributed by atoms with van der Waals surface area (Å²) in [5.41, 5.74) is 0.0854. The fourth-order valence-corrected chi connectivity index (χ4v) is 3.38. The van der Waals surface area contributed by atoms with Crippen LogP contribution in [-0.2, 0) is 9.47 Å². The molecule has 1 saturated heterocycles. The van der Waals surface area contributed by atoms with Crippen LogP contribution in [0.5, 0.6) is 0 Å². The molecular weight excluding hydrogens is 264 g/mol. The fourth-order valence-electron chi connectivity index (χ4n) is 3.38. The monoisotopic (exact) mass is 296 g/mol. The Morgan fingerprint density at radius 1 is 1.29 bits per heavy atom. The van der Waals surface area contributed by atoms with Gasteiger partial charge in [-0.15, -0.1) is 0 Å². The largest absolute Gasteiger partial charge is 0.497 e. The zero-order valence-electron chi connectivity index (χ0n) is 14.0. The van der Waals surface area contributed by atoms with Crippen molar-refractivity contribution in [3.05, 3.63) is 11.8 Å². The number of allylic oxidation sites excluding steroid dienone is 1. The minimum atomic E-state index is 0.0854. The summed E-state index contributed by atoms with van der Waals surface area (Å²) in [6.07, 6.45) is 6.83. The molecule has 1 N–H and O–H groups in total. The van der Waals surface area contributed by atoms with Crippen molar-refractivity contribution in [2.24, 2.45) is 0 Å². The summed E-state index contributed by atoms with van der Waals surface area (Å²) >= 11 is 0. The SMILES string of the molecule is CCCNC(C1=CCCCO1)C(C)(CC)N1CCOCC1. The first-order valence-electron chi connectivity index (χ1n) is 8.61. The van der Waals surface area contributed by atoms with E-state index in [-0.39, 0.29) is 11.6 Å². The molecule has 4 nitrogen and oxygen atoms in total. The van der Waals surface area contributed by atoms with Crippen molar-refractivity contribution in [2.45, 2.75) is 58.0 Å². The van der Waals surface area contributed by atoms with Gasteiger partial charge in [0.15, 0.2) is 0 Å². The van der Waals surface area contributed by atoms with Gasteiger partial charge >= 0.3 is 0 Å². The van der Waals surface area contributed by atoms with Crippen molar-refractivity contribution in [1.82, 2.24) is 10.2 Å². The van der Waals surface area contributed by atoms with Gasteiger partial charge in [-0.3, -0.25) is 4.90 Å². The number of morpholine rings is 1. The highest BCUT2D eigenvalue weighted by Crippen LogP contribution is 2.31. The van der Waals surface area contributed by atoms with Gasteiger partial charge in [-0.05, 0) is 45.2 Å². The molecule has 0 radical (unpaired) electrons. The molecule has 0 aromatic heterocycles. The topological polar surface area (TPSA) is 33.7 Å². The van der Waals surface area contributed by atoms with Crippen molar-refractivity contribution < 1.29 is 9.47 Å². The van der Waals surface area contributed by atoms with Crippen molar-refractivity contribution in [1.29, 1.82) is 0 Å². The second-order valence-corrected chi connectivity index (χ2v) is 6.29. The Bertz CT molecular complexity index is 340. The average molecular weight is 296 g/mol. The van der Waals surface area contributed by atoms with E-state index in [1.54, 1.807) is 0 Å². The molecule has 4 heteroatoms. The van der Waals surface area contributed by atoms with Gasteiger partial charge in [-0.2, -0.15) is 0 Å². The van der Waals surface area contributed by atoms with Gasteiger partial charge in [0.25, 0.3) is 0 Å². The molecule has 0 amide bonds. The second kappa shape index (κ2) is 8.16. The van der Waals surface area contributed by atoms with E-state index in [0.717, 1.165) is 70.9 Å². The van der Waals surface area contributed by atoms with Gasteiger partial charge < -0.3 is 14.8 Å². The minimum Gasteiger partial charge on any atom is -0.497 e. The highest BCUT2D eigenvalue weighted by Gasteiger charge is 2.41. The third-order valence-corrected chi connectivity index (χ3v) is 4.92. The average Bonchev–Trinajstić information content (AvgIpc) is 2.56. The molecule has 2 aliphatic rings. The summed E-state index contributed by atoms with van der Waals surface area (Å²) in [6, 6.07) is 0.279. The van der Waals surface area contributed by atoms with Crippen LogP contribution in [0.3, 0.4) is 0 Å². The van der Waals surface area contributed by atoms with Crippen molar-refractivity contribution >= 4 is 0 Å². The summed E-state index contributed by atoms with van der Waals surface area (Å²) in [5.74, 6) is 1.16. The van der Waals surface area contributed by atoms with Crippen LogP contribution in [0.2, 0.25) is 0 Å². The van der Waals surface area contributed by atoms with E-state index < -0.39 is 0 Å². The Morgan fingerprint density at radius 2 is 2.05 bits per heavy atom. The molecule has 0 aromatic rings. The molecule has 1 fully saturated rings. The minimum absolute atomic E-state index is 0.0854. The van der Waals surface area contributed by atoms with Crippen LogP contribution in [0.4, 0.5) is 0 Å². The smallest absolute Gasteiger partial charge is 0.111 e. The Morgan fingerprint density at radius 3 is 2.62 bits per heavy atom. The maximum atomic E-state index is 6.02. The molecule has 0 saturated carbocycles. The van der Waals surface area contributed by atoms with Gasteiger partial charge in [0, 0.05) is 18.6 Å². The van der Waals surface area contributed by atoms with Gasteiger partial charge in [0.1, 0.15) is 5.76 Å². The van der Waals surface area contributed by atoms with E-state index in [9.17, 15) is 0 Å². The van der Waals surface area contributed by atoms with Gasteiger partial charge in [0.2, 0.25) is 0 Å². The van der Waals surface area contributed by atoms with Crippen LogP contribution >= 0.6 is 0 Å². The van der Waals surface area contributed by atoms with Crippen molar-refractivity contribution in [2.75, 3.05) is 39.5 Å². The Hall–Kier alpha value is -0.580. The molecule has 2 aliphatic heterocycles. The van der Waals surface area contributed by atoms with Crippen molar-refractivity contribution in [3.8, 4) is 0 Å². The first-order chi connectivity index (χ1) is 10.2. The predicted octanol–water partition coefficient (Wildman–Crippen LogP) is 2.55. The maximum absolute atomic E-state index is 6.02. The number of nitrogens with zero attached hydrogens (tertiary/aromatic N) is 1. The molecule has 0 aliphatic carbocycles. The molecule has 2 rings (SSSR count). The van der Waals surface area contributed by atoms with E-state index >= 15 is 0 Å². The van der Waals surface area contributed by atoms with E-state index in [1.807, 2.05) is 0 Å². The lowest BCUT2D eigenvalue weighted by atomic mass is 9.84. The number of rotatable bonds is 7. The summed E-state index contributed by atoms with van der Waals surface area (Å²) in [6.45, 7) is 12.5. The Balaban J connectivity index is 2.19. The van der Waals surface area contributed by atoms with Crippen LogP contribution in [0.1, 0.15) is 46.5 Å². The van der Waals surface area contributed by atoms with Gasteiger partial charge in [-0.1, -0.05) is 13.8 Å². The quantitative estimate of drug-likeness (QED) is 0.783. The highest BCUT2D eigenvalue weighted by atomic mass is 16.5. The number of hydrogen-bond donors (Lipinski definition) is 1. The van der Waals surface area contributed by atoms with Gasteiger partial charge in [-0.25, -0.2) is 0 Å². The van der Waals surface area contributed by atoms with E-state index in [0.29, 0.717) is 0 Å². The maximum Gasteiger partial charge on any atom is 0.111 e. The second-order valence-electron chi connectivity index (χ2n) is 6.29. The summed E-state index contributed by atoms with van der Waals surface area (Å²) in [4.78, 5) is 2.59. The number of ether oxygens (including phenoxy) is 2. The van der Waals surface area contributed by atoms with Gasteiger partial charge in [0.05, 0.1) is 25.9 Å². The molecule has 2 atom stereocenters. The van der Waals surface area contributed by atoms with Crippen LogP contribution in [-0.4, -0.2) is 55.9 Å². The normalized spacial score (nSPS) is 24.8. The molecular formula is C17H32N2O2. The van der Waals surface area contributed by atoms with E-state index in [1.165, 1.54) is 0 Å². The van der Waals surface area contributed by atoms with Crippen LogP contribution < -0.4 is 5.32 Å². The lowest BCUT2D eigenvalue weighted by molar-refractivity contribution is -0.0357. The van der Waals surface area contributed by atoms with Crippen LogP contribution in [0.25, 0.3) is 0 Å². The van der Waals surface area contributed by atoms with E-state index in [4.69, 9.17) is 9.47 Å². The number of hydrogen-bond acceptors (Lipinski definition) is 4. The molecule has 0 aromatic carbocycles. The Labute approximate surface area is 129 Å². The van der Waals surface area contributed by atoms with Crippen LogP contribution in [0.15, 0.2) is 11.8 Å². The summed E-state index contributed by atoms with van der Waals surface area (Å²) < 4.78 is 11.6. The standard InChI is InChI=1S/C17H32N2O2/c1-4-9-18-16(15-8-6-7-12-21-15)17(3,5-2)19-10-13-20-14-11-19/h8,16,18H,4-7,9-14H2,1-3H3. The molecule has 2 unspecified atom stereocenters. The van der Waals surface area contributed by atoms with E-state index in [2.05, 4.69) is 37.1 Å². The fraction of sp³-hybridized carbons (Fsp3) is 0.882. The van der Waals surface area contributed by atoms with Crippen molar-refractivity contribution in [3.63, 3.8) is 0 Å². The lowest BCUT2D eigenvalue weighted by Gasteiger charge is -2.48. The molecule has 0 bridgehead atoms. The third kappa shape index (κ3) is 3.99. The zero-order chi connectivity index (χ0) is 15.1. The molecule has 122 valence electrons.